The van der Waals surface area contributed by atoms with E-state index in [-0.39, 0.29) is 0 Å². The standard InChI is InChI=1S/C19H20N6/c1-14-12-18(25-24-15(2)17-8-10-20-11-9-17)23-19(22-14)21-13-16-6-4-3-5-7-16/h3-12H,13H2,1-2H3,(H2,21,22,23,25). The summed E-state index contributed by atoms with van der Waals surface area (Å²) in [4.78, 5) is 12.9. The van der Waals surface area contributed by atoms with E-state index in [4.69, 9.17) is 0 Å². The average Bonchev–Trinajstić information content (AvgIpc) is 2.66. The summed E-state index contributed by atoms with van der Waals surface area (Å²) >= 11 is 0. The molecule has 0 atom stereocenters. The van der Waals surface area contributed by atoms with E-state index in [0.717, 1.165) is 17.0 Å². The van der Waals surface area contributed by atoms with Crippen LogP contribution in [0.15, 0.2) is 66.0 Å². The third-order valence-corrected chi connectivity index (χ3v) is 3.58. The zero-order valence-corrected chi connectivity index (χ0v) is 14.3. The fourth-order valence-electron chi connectivity index (χ4n) is 2.28. The molecule has 3 rings (SSSR count). The van der Waals surface area contributed by atoms with Crippen LogP contribution < -0.4 is 10.7 Å². The van der Waals surface area contributed by atoms with E-state index in [0.29, 0.717) is 18.3 Å². The second-order valence-corrected chi connectivity index (χ2v) is 5.60. The smallest absolute Gasteiger partial charge is 0.225 e. The quantitative estimate of drug-likeness (QED) is 0.532. The third kappa shape index (κ3) is 4.84. The highest BCUT2D eigenvalue weighted by molar-refractivity contribution is 5.98. The van der Waals surface area contributed by atoms with E-state index in [1.165, 1.54) is 5.56 Å². The Labute approximate surface area is 147 Å². The van der Waals surface area contributed by atoms with Gasteiger partial charge in [0.2, 0.25) is 5.95 Å². The Balaban J connectivity index is 1.69. The fraction of sp³-hybridized carbons (Fsp3) is 0.158. The van der Waals surface area contributed by atoms with Gasteiger partial charge in [0.25, 0.3) is 0 Å². The molecule has 1 aromatic carbocycles. The number of hydrogen-bond acceptors (Lipinski definition) is 6. The molecule has 0 spiro atoms. The van der Waals surface area contributed by atoms with Crippen molar-refractivity contribution in [3.8, 4) is 0 Å². The number of aromatic nitrogens is 3. The summed E-state index contributed by atoms with van der Waals surface area (Å²) in [6.07, 6.45) is 3.49. The Morgan fingerprint density at radius 1 is 1.04 bits per heavy atom. The third-order valence-electron chi connectivity index (χ3n) is 3.58. The van der Waals surface area contributed by atoms with Gasteiger partial charge in [-0.25, -0.2) is 4.98 Å². The number of benzene rings is 1. The number of hydrazone groups is 1. The van der Waals surface area contributed by atoms with Gasteiger partial charge < -0.3 is 5.32 Å². The maximum atomic E-state index is 4.46. The van der Waals surface area contributed by atoms with Crippen LogP contribution in [0.3, 0.4) is 0 Å². The zero-order chi connectivity index (χ0) is 17.5. The number of pyridine rings is 1. The van der Waals surface area contributed by atoms with Crippen LogP contribution >= 0.6 is 0 Å². The van der Waals surface area contributed by atoms with Crippen molar-refractivity contribution in [2.24, 2.45) is 5.10 Å². The van der Waals surface area contributed by atoms with Crippen LogP contribution in [-0.4, -0.2) is 20.7 Å². The van der Waals surface area contributed by atoms with E-state index in [1.807, 2.05) is 50.2 Å². The second kappa shape index (κ2) is 8.01. The molecular formula is C19H20N6. The van der Waals surface area contributed by atoms with Crippen LogP contribution in [0, 0.1) is 6.92 Å². The molecule has 2 aromatic heterocycles. The Hall–Kier alpha value is -3.28. The van der Waals surface area contributed by atoms with Gasteiger partial charge in [-0.3, -0.25) is 10.4 Å². The largest absolute Gasteiger partial charge is 0.350 e. The monoisotopic (exact) mass is 332 g/mol. The van der Waals surface area contributed by atoms with E-state index < -0.39 is 0 Å². The summed E-state index contributed by atoms with van der Waals surface area (Å²) in [7, 11) is 0. The minimum Gasteiger partial charge on any atom is -0.350 e. The Morgan fingerprint density at radius 2 is 1.80 bits per heavy atom. The van der Waals surface area contributed by atoms with Gasteiger partial charge in [0.05, 0.1) is 5.71 Å². The summed E-state index contributed by atoms with van der Waals surface area (Å²) in [5, 5.41) is 7.63. The predicted molar refractivity (Wildman–Crippen MR) is 101 cm³/mol. The summed E-state index contributed by atoms with van der Waals surface area (Å²) in [5.74, 6) is 1.22. The van der Waals surface area contributed by atoms with Crippen molar-refractivity contribution in [2.45, 2.75) is 20.4 Å². The first-order valence-electron chi connectivity index (χ1n) is 8.05. The Kier molecular flexibility index (Phi) is 5.31. The van der Waals surface area contributed by atoms with E-state index in [2.05, 4.69) is 42.9 Å². The van der Waals surface area contributed by atoms with Crippen LogP contribution in [0.4, 0.5) is 11.8 Å². The van der Waals surface area contributed by atoms with Gasteiger partial charge in [0.15, 0.2) is 5.82 Å². The van der Waals surface area contributed by atoms with Gasteiger partial charge in [-0.05, 0) is 31.5 Å². The fourth-order valence-corrected chi connectivity index (χ4v) is 2.28. The molecule has 126 valence electrons. The second-order valence-electron chi connectivity index (χ2n) is 5.60. The average molecular weight is 332 g/mol. The van der Waals surface area contributed by atoms with Gasteiger partial charge in [0, 0.05) is 36.3 Å². The van der Waals surface area contributed by atoms with Gasteiger partial charge in [-0.2, -0.15) is 10.1 Å². The van der Waals surface area contributed by atoms with Crippen LogP contribution in [-0.2, 0) is 6.54 Å². The van der Waals surface area contributed by atoms with E-state index in [9.17, 15) is 0 Å². The van der Waals surface area contributed by atoms with Crippen molar-refractivity contribution in [3.05, 3.63) is 77.7 Å². The Morgan fingerprint density at radius 3 is 2.56 bits per heavy atom. The molecule has 0 saturated heterocycles. The molecule has 0 aliphatic rings. The topological polar surface area (TPSA) is 75.1 Å². The van der Waals surface area contributed by atoms with Gasteiger partial charge in [-0.1, -0.05) is 30.3 Å². The molecule has 6 heteroatoms. The first kappa shape index (κ1) is 16.6. The number of hydrogen-bond donors (Lipinski definition) is 2. The molecule has 0 aliphatic carbocycles. The van der Waals surface area contributed by atoms with Gasteiger partial charge in [-0.15, -0.1) is 0 Å². The summed E-state index contributed by atoms with van der Waals surface area (Å²) in [6, 6.07) is 15.8. The molecule has 0 aliphatic heterocycles. The maximum absolute atomic E-state index is 4.46. The first-order chi connectivity index (χ1) is 12.2. The van der Waals surface area contributed by atoms with Crippen molar-refractivity contribution in [3.63, 3.8) is 0 Å². The lowest BCUT2D eigenvalue weighted by atomic mass is 10.2. The van der Waals surface area contributed by atoms with Gasteiger partial charge >= 0.3 is 0 Å². The number of rotatable bonds is 6. The number of aryl methyl sites for hydroxylation is 1. The number of nitrogens with one attached hydrogen (secondary N) is 2. The van der Waals surface area contributed by atoms with Crippen molar-refractivity contribution in [1.82, 2.24) is 15.0 Å². The number of nitrogens with zero attached hydrogens (tertiary/aromatic N) is 4. The van der Waals surface area contributed by atoms with Crippen LogP contribution in [0.2, 0.25) is 0 Å². The maximum Gasteiger partial charge on any atom is 0.225 e. The van der Waals surface area contributed by atoms with Gasteiger partial charge in [0.1, 0.15) is 0 Å². The predicted octanol–water partition coefficient (Wildman–Crippen LogP) is 3.63. The van der Waals surface area contributed by atoms with Crippen molar-refractivity contribution < 1.29 is 0 Å². The minimum atomic E-state index is 0.572. The Bertz CT molecular complexity index is 846. The normalized spacial score (nSPS) is 11.2. The van der Waals surface area contributed by atoms with Crippen LogP contribution in [0.1, 0.15) is 23.7 Å². The minimum absolute atomic E-state index is 0.572. The summed E-state index contributed by atoms with van der Waals surface area (Å²) in [6.45, 7) is 4.54. The lowest BCUT2D eigenvalue weighted by Crippen LogP contribution is -2.07. The van der Waals surface area contributed by atoms with Crippen molar-refractivity contribution >= 4 is 17.5 Å². The molecule has 25 heavy (non-hydrogen) atoms. The van der Waals surface area contributed by atoms with E-state index in [1.54, 1.807) is 12.4 Å². The summed E-state index contributed by atoms with van der Waals surface area (Å²) < 4.78 is 0. The highest BCUT2D eigenvalue weighted by Crippen LogP contribution is 2.11. The molecule has 2 N–H and O–H groups in total. The summed E-state index contributed by atoms with van der Waals surface area (Å²) in [5.41, 5.74) is 6.91. The number of anilines is 2. The molecular weight excluding hydrogens is 312 g/mol. The van der Waals surface area contributed by atoms with E-state index >= 15 is 0 Å². The van der Waals surface area contributed by atoms with Crippen molar-refractivity contribution in [2.75, 3.05) is 10.7 Å². The van der Waals surface area contributed by atoms with Crippen molar-refractivity contribution in [1.29, 1.82) is 0 Å². The molecule has 0 fully saturated rings. The lowest BCUT2D eigenvalue weighted by Gasteiger charge is -2.08. The molecule has 0 unspecified atom stereocenters. The SMILES string of the molecule is CC(=NNc1cc(C)nc(NCc2ccccc2)n1)c1ccncc1. The molecule has 0 radical (unpaired) electrons. The first-order valence-corrected chi connectivity index (χ1v) is 8.05. The molecule has 0 bridgehead atoms. The molecule has 0 amide bonds. The molecule has 6 nitrogen and oxygen atoms in total. The molecule has 2 heterocycles. The highest BCUT2D eigenvalue weighted by atomic mass is 15.3. The molecule has 0 saturated carbocycles. The van der Waals surface area contributed by atoms with Crippen LogP contribution in [0.5, 0.6) is 0 Å². The lowest BCUT2D eigenvalue weighted by molar-refractivity contribution is 1.02. The van der Waals surface area contributed by atoms with Crippen LogP contribution in [0.25, 0.3) is 0 Å². The highest BCUT2D eigenvalue weighted by Gasteiger charge is 2.03. The zero-order valence-electron chi connectivity index (χ0n) is 14.3. The molecule has 3 aromatic rings.